The standard InChI is InChI=1S/C21H26N2O2/c1-3-16(2)23-21(25)19-13-11-18(12-14-19)20(24)22-15-7-10-17-8-5-4-6-9-17/h4-6,8-9,11-14,16H,3,7,10,15H2,1-2H3,(H,22,24)(H,23,25). The van der Waals surface area contributed by atoms with Crippen LogP contribution in [0.4, 0.5) is 0 Å². The first kappa shape index (κ1) is 18.7. The van der Waals surface area contributed by atoms with Crippen LogP contribution in [0.1, 0.15) is 53.0 Å². The van der Waals surface area contributed by atoms with Crippen LogP contribution in [0.5, 0.6) is 0 Å². The Morgan fingerprint density at radius 2 is 1.52 bits per heavy atom. The van der Waals surface area contributed by atoms with Gasteiger partial charge in [-0.25, -0.2) is 0 Å². The van der Waals surface area contributed by atoms with Crippen molar-refractivity contribution in [1.82, 2.24) is 10.6 Å². The summed E-state index contributed by atoms with van der Waals surface area (Å²) < 4.78 is 0. The van der Waals surface area contributed by atoms with Crippen molar-refractivity contribution >= 4 is 11.8 Å². The molecule has 4 heteroatoms. The van der Waals surface area contributed by atoms with Crippen molar-refractivity contribution in [2.45, 2.75) is 39.2 Å². The lowest BCUT2D eigenvalue weighted by molar-refractivity contribution is 0.0932. The fourth-order valence-electron chi connectivity index (χ4n) is 2.42. The van der Waals surface area contributed by atoms with E-state index in [1.165, 1.54) is 5.56 Å². The van der Waals surface area contributed by atoms with Crippen LogP contribution in [0.2, 0.25) is 0 Å². The number of aryl methyl sites for hydroxylation is 1. The Balaban J connectivity index is 1.79. The molecule has 1 atom stereocenters. The molecule has 0 aliphatic carbocycles. The molecule has 0 saturated heterocycles. The molecule has 0 aliphatic rings. The summed E-state index contributed by atoms with van der Waals surface area (Å²) in [6.45, 7) is 4.62. The topological polar surface area (TPSA) is 58.2 Å². The monoisotopic (exact) mass is 338 g/mol. The molecule has 0 spiro atoms. The minimum atomic E-state index is -0.109. The average Bonchev–Trinajstić information content (AvgIpc) is 2.65. The van der Waals surface area contributed by atoms with Crippen molar-refractivity contribution < 1.29 is 9.59 Å². The van der Waals surface area contributed by atoms with Gasteiger partial charge in [0.05, 0.1) is 0 Å². The Hall–Kier alpha value is -2.62. The van der Waals surface area contributed by atoms with Gasteiger partial charge < -0.3 is 10.6 Å². The Labute approximate surface area is 149 Å². The molecule has 0 saturated carbocycles. The number of benzene rings is 2. The molecule has 0 bridgehead atoms. The average molecular weight is 338 g/mol. The molecule has 2 aromatic carbocycles. The molecule has 0 aromatic heterocycles. The SMILES string of the molecule is CCC(C)NC(=O)c1ccc(C(=O)NCCCc2ccccc2)cc1. The van der Waals surface area contributed by atoms with Crippen molar-refractivity contribution in [2.75, 3.05) is 6.54 Å². The highest BCUT2D eigenvalue weighted by Gasteiger charge is 2.10. The van der Waals surface area contributed by atoms with E-state index in [1.54, 1.807) is 24.3 Å². The zero-order valence-corrected chi connectivity index (χ0v) is 14.9. The second-order valence-corrected chi connectivity index (χ2v) is 6.21. The fraction of sp³-hybridized carbons (Fsp3) is 0.333. The summed E-state index contributed by atoms with van der Waals surface area (Å²) in [6.07, 6.45) is 2.72. The van der Waals surface area contributed by atoms with Crippen LogP contribution < -0.4 is 10.6 Å². The molecular formula is C21H26N2O2. The smallest absolute Gasteiger partial charge is 0.251 e. The van der Waals surface area contributed by atoms with Gasteiger partial charge in [-0.15, -0.1) is 0 Å². The van der Waals surface area contributed by atoms with Gasteiger partial charge in [0.15, 0.2) is 0 Å². The van der Waals surface area contributed by atoms with E-state index < -0.39 is 0 Å². The van der Waals surface area contributed by atoms with Crippen LogP contribution >= 0.6 is 0 Å². The second-order valence-electron chi connectivity index (χ2n) is 6.21. The van der Waals surface area contributed by atoms with E-state index in [0.717, 1.165) is 19.3 Å². The number of amides is 2. The van der Waals surface area contributed by atoms with Crippen molar-refractivity contribution in [2.24, 2.45) is 0 Å². The summed E-state index contributed by atoms with van der Waals surface area (Å²) in [4.78, 5) is 24.2. The predicted octanol–water partition coefficient (Wildman–Crippen LogP) is 3.58. The minimum absolute atomic E-state index is 0.107. The van der Waals surface area contributed by atoms with Gasteiger partial charge in [-0.2, -0.15) is 0 Å². The molecule has 1 unspecified atom stereocenters. The lowest BCUT2D eigenvalue weighted by Crippen LogP contribution is -2.32. The molecule has 2 aromatic rings. The van der Waals surface area contributed by atoms with E-state index in [0.29, 0.717) is 17.7 Å². The van der Waals surface area contributed by atoms with Crippen LogP contribution in [0, 0.1) is 0 Å². The number of nitrogens with one attached hydrogen (secondary N) is 2. The highest BCUT2D eigenvalue weighted by Crippen LogP contribution is 2.06. The van der Waals surface area contributed by atoms with Gasteiger partial charge in [0, 0.05) is 23.7 Å². The van der Waals surface area contributed by atoms with Gasteiger partial charge in [0.1, 0.15) is 0 Å². The largest absolute Gasteiger partial charge is 0.352 e. The highest BCUT2D eigenvalue weighted by atomic mass is 16.2. The van der Waals surface area contributed by atoms with E-state index in [4.69, 9.17) is 0 Å². The van der Waals surface area contributed by atoms with Gasteiger partial charge in [0.2, 0.25) is 0 Å². The predicted molar refractivity (Wildman–Crippen MR) is 101 cm³/mol. The molecular weight excluding hydrogens is 312 g/mol. The van der Waals surface area contributed by atoms with Crippen molar-refractivity contribution in [3.8, 4) is 0 Å². The quantitative estimate of drug-likeness (QED) is 0.723. The normalized spacial score (nSPS) is 11.6. The van der Waals surface area contributed by atoms with Gasteiger partial charge in [-0.05, 0) is 56.0 Å². The molecule has 0 radical (unpaired) electrons. The van der Waals surface area contributed by atoms with E-state index in [-0.39, 0.29) is 17.9 Å². The zero-order valence-electron chi connectivity index (χ0n) is 14.9. The van der Waals surface area contributed by atoms with Crippen molar-refractivity contribution in [3.63, 3.8) is 0 Å². The maximum atomic E-state index is 12.1. The van der Waals surface area contributed by atoms with Crippen molar-refractivity contribution in [3.05, 3.63) is 71.3 Å². The Bertz CT molecular complexity index is 681. The Morgan fingerprint density at radius 3 is 2.12 bits per heavy atom. The minimum Gasteiger partial charge on any atom is -0.352 e. The number of hydrogen-bond donors (Lipinski definition) is 2. The van der Waals surface area contributed by atoms with Crippen LogP contribution in [-0.4, -0.2) is 24.4 Å². The van der Waals surface area contributed by atoms with Crippen LogP contribution in [0.15, 0.2) is 54.6 Å². The highest BCUT2D eigenvalue weighted by molar-refractivity contribution is 5.97. The second kappa shape index (κ2) is 9.62. The van der Waals surface area contributed by atoms with E-state index in [1.807, 2.05) is 32.0 Å². The number of rotatable bonds is 8. The van der Waals surface area contributed by atoms with Gasteiger partial charge in [-0.1, -0.05) is 37.3 Å². The molecule has 2 amide bonds. The maximum Gasteiger partial charge on any atom is 0.251 e. The molecule has 2 N–H and O–H groups in total. The lowest BCUT2D eigenvalue weighted by atomic mass is 10.1. The fourth-order valence-corrected chi connectivity index (χ4v) is 2.42. The zero-order chi connectivity index (χ0) is 18.1. The van der Waals surface area contributed by atoms with E-state index >= 15 is 0 Å². The first-order valence-electron chi connectivity index (χ1n) is 8.83. The molecule has 0 heterocycles. The third-order valence-electron chi connectivity index (χ3n) is 4.17. The summed E-state index contributed by atoms with van der Waals surface area (Å²) in [6, 6.07) is 17.1. The molecule has 0 aliphatic heterocycles. The number of hydrogen-bond acceptors (Lipinski definition) is 2. The Morgan fingerprint density at radius 1 is 0.920 bits per heavy atom. The summed E-state index contributed by atoms with van der Waals surface area (Å²) in [7, 11) is 0. The molecule has 0 fully saturated rings. The van der Waals surface area contributed by atoms with Crippen molar-refractivity contribution in [1.29, 1.82) is 0 Å². The van der Waals surface area contributed by atoms with Gasteiger partial charge in [-0.3, -0.25) is 9.59 Å². The van der Waals surface area contributed by atoms with Crippen LogP contribution in [-0.2, 0) is 6.42 Å². The number of carbonyl (C=O) groups excluding carboxylic acids is 2. The molecule has 4 nitrogen and oxygen atoms in total. The summed E-state index contributed by atoms with van der Waals surface area (Å²) in [5.74, 6) is -0.217. The summed E-state index contributed by atoms with van der Waals surface area (Å²) in [5, 5.41) is 5.83. The first-order valence-corrected chi connectivity index (χ1v) is 8.83. The summed E-state index contributed by atoms with van der Waals surface area (Å²) in [5.41, 5.74) is 2.41. The van der Waals surface area contributed by atoms with E-state index in [2.05, 4.69) is 22.8 Å². The number of carbonyl (C=O) groups is 2. The van der Waals surface area contributed by atoms with Crippen LogP contribution in [0.25, 0.3) is 0 Å². The van der Waals surface area contributed by atoms with Crippen LogP contribution in [0.3, 0.4) is 0 Å². The Kier molecular flexibility index (Phi) is 7.20. The van der Waals surface area contributed by atoms with Gasteiger partial charge >= 0.3 is 0 Å². The molecule has 132 valence electrons. The third kappa shape index (κ3) is 6.07. The third-order valence-corrected chi connectivity index (χ3v) is 4.17. The lowest BCUT2D eigenvalue weighted by Gasteiger charge is -2.11. The van der Waals surface area contributed by atoms with Gasteiger partial charge in [0.25, 0.3) is 11.8 Å². The maximum absolute atomic E-state index is 12.1. The van der Waals surface area contributed by atoms with E-state index in [9.17, 15) is 9.59 Å². The molecule has 25 heavy (non-hydrogen) atoms. The first-order chi connectivity index (χ1) is 12.1. The summed E-state index contributed by atoms with van der Waals surface area (Å²) >= 11 is 0. The molecule has 2 rings (SSSR count).